The Labute approximate surface area is 98.6 Å². The Balaban J connectivity index is 2.36. The zero-order chi connectivity index (χ0) is 12.3. The molecule has 0 N–H and O–H groups in total. The summed E-state index contributed by atoms with van der Waals surface area (Å²) in [6, 6.07) is 6.38. The van der Waals surface area contributed by atoms with Crippen molar-refractivity contribution in [1.29, 1.82) is 0 Å². The van der Waals surface area contributed by atoms with Crippen molar-refractivity contribution in [1.82, 2.24) is 9.55 Å². The standard InChI is InChI=1S/C13H10N2O2/c1-10(16)12-2-3-13(17)15(9-12)8-11-4-6-14-7-5-11/h1-7,9H,8H2. The van der Waals surface area contributed by atoms with Crippen LogP contribution in [0.4, 0.5) is 0 Å². The molecule has 84 valence electrons. The summed E-state index contributed by atoms with van der Waals surface area (Å²) in [5.41, 5.74) is 1.08. The number of Topliss-reactive ketones (excluding diaryl/α,β-unsaturated/α-hetero) is 1. The van der Waals surface area contributed by atoms with E-state index in [9.17, 15) is 9.59 Å². The predicted octanol–water partition coefficient (Wildman–Crippen LogP) is 1.19. The summed E-state index contributed by atoms with van der Waals surface area (Å²) >= 11 is 0. The average molecular weight is 226 g/mol. The van der Waals surface area contributed by atoms with Crippen molar-refractivity contribution < 1.29 is 4.79 Å². The van der Waals surface area contributed by atoms with Crippen LogP contribution in [0.15, 0.2) is 47.7 Å². The molecular weight excluding hydrogens is 216 g/mol. The van der Waals surface area contributed by atoms with Crippen LogP contribution >= 0.6 is 0 Å². The number of hydrogen-bond donors (Lipinski definition) is 0. The van der Waals surface area contributed by atoms with Crippen LogP contribution in [-0.2, 0) is 6.54 Å². The van der Waals surface area contributed by atoms with E-state index >= 15 is 0 Å². The van der Waals surface area contributed by atoms with Gasteiger partial charge in [-0.15, -0.1) is 0 Å². The number of pyridine rings is 2. The molecule has 0 atom stereocenters. The van der Waals surface area contributed by atoms with Crippen molar-refractivity contribution in [3.8, 4) is 0 Å². The maximum Gasteiger partial charge on any atom is 0.250 e. The minimum absolute atomic E-state index is 0.174. The van der Waals surface area contributed by atoms with E-state index < -0.39 is 5.78 Å². The molecule has 0 spiro atoms. The average Bonchev–Trinajstić information content (AvgIpc) is 2.33. The highest BCUT2D eigenvalue weighted by Gasteiger charge is 2.03. The first kappa shape index (κ1) is 11.3. The summed E-state index contributed by atoms with van der Waals surface area (Å²) < 4.78 is 1.44. The number of carbonyl (C=O) groups is 1. The summed E-state index contributed by atoms with van der Waals surface area (Å²) in [6.45, 7) is 5.55. The van der Waals surface area contributed by atoms with Gasteiger partial charge in [0.15, 0.2) is 5.78 Å². The lowest BCUT2D eigenvalue weighted by Crippen LogP contribution is -2.20. The van der Waals surface area contributed by atoms with Crippen molar-refractivity contribution in [3.05, 3.63) is 71.3 Å². The molecule has 2 aromatic rings. The van der Waals surface area contributed by atoms with Crippen molar-refractivity contribution in [2.45, 2.75) is 6.54 Å². The maximum absolute atomic E-state index is 11.6. The summed E-state index contributed by atoms with van der Waals surface area (Å²) in [7, 11) is 0. The van der Waals surface area contributed by atoms with E-state index in [1.807, 2.05) is 12.1 Å². The van der Waals surface area contributed by atoms with Crippen LogP contribution in [0.2, 0.25) is 0 Å². The molecule has 0 bridgehead atoms. The third kappa shape index (κ3) is 2.66. The Hall–Kier alpha value is -2.23. The molecule has 4 nitrogen and oxygen atoms in total. The second-order valence-corrected chi connectivity index (χ2v) is 3.60. The van der Waals surface area contributed by atoms with Gasteiger partial charge in [0, 0.05) is 37.1 Å². The first-order valence-corrected chi connectivity index (χ1v) is 5.06. The molecule has 17 heavy (non-hydrogen) atoms. The first-order chi connectivity index (χ1) is 8.16. The zero-order valence-corrected chi connectivity index (χ0v) is 9.04. The highest BCUT2D eigenvalue weighted by atomic mass is 16.1. The lowest BCUT2D eigenvalue weighted by atomic mass is 10.2. The van der Waals surface area contributed by atoms with E-state index in [1.165, 1.54) is 22.9 Å². The highest BCUT2D eigenvalue weighted by molar-refractivity contribution is 5.98. The Morgan fingerprint density at radius 1 is 1.24 bits per heavy atom. The van der Waals surface area contributed by atoms with Gasteiger partial charge >= 0.3 is 0 Å². The fourth-order valence-corrected chi connectivity index (χ4v) is 1.49. The van der Waals surface area contributed by atoms with Gasteiger partial charge in [0.05, 0.1) is 6.54 Å². The molecular formula is C13H10N2O2. The quantitative estimate of drug-likeness (QED) is 0.738. The van der Waals surface area contributed by atoms with Gasteiger partial charge in [-0.1, -0.05) is 0 Å². The third-order valence-corrected chi connectivity index (χ3v) is 2.37. The number of aromatic nitrogens is 2. The summed E-state index contributed by atoms with van der Waals surface area (Å²) in [4.78, 5) is 26.5. The molecule has 0 fully saturated rings. The second-order valence-electron chi connectivity index (χ2n) is 3.60. The predicted molar refractivity (Wildman–Crippen MR) is 62.7 cm³/mol. The van der Waals surface area contributed by atoms with E-state index in [2.05, 4.69) is 4.98 Å². The largest absolute Gasteiger partial charge is 0.310 e. The van der Waals surface area contributed by atoms with Gasteiger partial charge in [-0.3, -0.25) is 14.6 Å². The molecule has 0 unspecified atom stereocenters. The molecule has 0 aromatic carbocycles. The van der Waals surface area contributed by atoms with Crippen LogP contribution in [0.1, 0.15) is 15.9 Å². The Kier molecular flexibility index (Phi) is 3.14. The van der Waals surface area contributed by atoms with Crippen molar-refractivity contribution in [2.75, 3.05) is 0 Å². The van der Waals surface area contributed by atoms with E-state index in [0.29, 0.717) is 12.1 Å². The fraction of sp³-hybridized carbons (Fsp3) is 0.0769. The Morgan fingerprint density at radius 3 is 2.59 bits per heavy atom. The molecule has 2 radical (unpaired) electrons. The van der Waals surface area contributed by atoms with Crippen molar-refractivity contribution in [3.63, 3.8) is 0 Å². The number of ketones is 1. The Morgan fingerprint density at radius 2 is 1.94 bits per heavy atom. The smallest absolute Gasteiger partial charge is 0.250 e. The lowest BCUT2D eigenvalue weighted by molar-refractivity contribution is 0.104. The normalized spacial score (nSPS) is 10.2. The molecule has 4 heteroatoms. The van der Waals surface area contributed by atoms with E-state index in [4.69, 9.17) is 6.92 Å². The summed E-state index contributed by atoms with van der Waals surface area (Å²) in [5, 5.41) is 0. The van der Waals surface area contributed by atoms with Gasteiger partial charge in [0.25, 0.3) is 5.56 Å². The van der Waals surface area contributed by atoms with Gasteiger partial charge in [-0.25, -0.2) is 0 Å². The van der Waals surface area contributed by atoms with Gasteiger partial charge in [-0.05, 0) is 23.8 Å². The van der Waals surface area contributed by atoms with Gasteiger partial charge in [-0.2, -0.15) is 0 Å². The molecule has 2 heterocycles. The summed E-state index contributed by atoms with van der Waals surface area (Å²) in [5.74, 6) is -0.548. The van der Waals surface area contributed by atoms with Crippen LogP contribution in [0.25, 0.3) is 0 Å². The van der Waals surface area contributed by atoms with Crippen LogP contribution in [-0.4, -0.2) is 15.3 Å². The second kappa shape index (κ2) is 4.74. The maximum atomic E-state index is 11.6. The minimum atomic E-state index is -0.548. The monoisotopic (exact) mass is 226 g/mol. The number of rotatable bonds is 3. The molecule has 0 amide bonds. The molecule has 0 aliphatic carbocycles. The third-order valence-electron chi connectivity index (χ3n) is 2.37. The van der Waals surface area contributed by atoms with Gasteiger partial charge in [0.2, 0.25) is 0 Å². The lowest BCUT2D eigenvalue weighted by Gasteiger charge is -2.06. The molecule has 0 aliphatic heterocycles. The van der Waals surface area contributed by atoms with Crippen LogP contribution < -0.4 is 5.56 Å². The summed E-state index contributed by atoms with van der Waals surface area (Å²) in [6.07, 6.45) is 4.77. The molecule has 2 aromatic heterocycles. The molecule has 2 rings (SSSR count). The molecule has 0 saturated carbocycles. The van der Waals surface area contributed by atoms with Crippen LogP contribution in [0, 0.1) is 6.92 Å². The Bertz CT molecular complexity index is 588. The molecule has 0 aliphatic rings. The zero-order valence-electron chi connectivity index (χ0n) is 9.04. The van der Waals surface area contributed by atoms with E-state index in [1.54, 1.807) is 12.4 Å². The van der Waals surface area contributed by atoms with Crippen LogP contribution in [0.5, 0.6) is 0 Å². The van der Waals surface area contributed by atoms with Crippen molar-refractivity contribution in [2.24, 2.45) is 0 Å². The SMILES string of the molecule is [CH]C(=O)c1ccc(=O)n(Cc2ccncc2)c1. The van der Waals surface area contributed by atoms with Gasteiger partial charge < -0.3 is 4.57 Å². The van der Waals surface area contributed by atoms with E-state index in [-0.39, 0.29) is 5.56 Å². The number of hydrogen-bond acceptors (Lipinski definition) is 3. The topological polar surface area (TPSA) is 52.0 Å². The van der Waals surface area contributed by atoms with Crippen LogP contribution in [0.3, 0.4) is 0 Å². The van der Waals surface area contributed by atoms with Gasteiger partial charge in [0.1, 0.15) is 0 Å². The van der Waals surface area contributed by atoms with Crippen molar-refractivity contribution >= 4 is 5.78 Å². The van der Waals surface area contributed by atoms with E-state index in [0.717, 1.165) is 5.56 Å². The fourth-order valence-electron chi connectivity index (χ4n) is 1.49. The molecule has 0 saturated heterocycles. The highest BCUT2D eigenvalue weighted by Crippen LogP contribution is 2.01. The first-order valence-electron chi connectivity index (χ1n) is 5.06. The number of nitrogens with zero attached hydrogens (tertiary/aromatic N) is 2. The minimum Gasteiger partial charge on any atom is -0.310 e. The number of carbonyl (C=O) groups excluding carboxylic acids is 1.